The Morgan fingerprint density at radius 1 is 1.45 bits per heavy atom. The van der Waals surface area contributed by atoms with Crippen LogP contribution in [0.3, 0.4) is 0 Å². The molecule has 0 spiro atoms. The first-order chi connectivity index (χ1) is 8.98. The van der Waals surface area contributed by atoms with Gasteiger partial charge in [0.25, 0.3) is 10.1 Å². The molecule has 2 unspecified atom stereocenters. The van der Waals surface area contributed by atoms with Crippen LogP contribution in [-0.4, -0.2) is 55.8 Å². The second-order valence-electron chi connectivity index (χ2n) is 3.92. The lowest BCUT2D eigenvalue weighted by Crippen LogP contribution is -2.70. The molecule has 8 nitrogen and oxygen atoms in total. The van der Waals surface area contributed by atoms with Crippen molar-refractivity contribution in [1.82, 2.24) is 10.6 Å². The largest absolute Gasteiger partial charge is 0.445 e. The van der Waals surface area contributed by atoms with E-state index in [1.165, 1.54) is 0 Å². The summed E-state index contributed by atoms with van der Waals surface area (Å²) in [5, 5.41) is 4.57. The van der Waals surface area contributed by atoms with E-state index >= 15 is 0 Å². The molecule has 2 N–H and O–H groups in total. The van der Waals surface area contributed by atoms with Crippen LogP contribution in [0.4, 0.5) is 4.79 Å². The average Bonchev–Trinajstić information content (AvgIpc) is 2.26. The molecule has 1 fully saturated rings. The normalized spacial score (nSPS) is 22.7. The highest BCUT2D eigenvalue weighted by Gasteiger charge is 2.41. The van der Waals surface area contributed by atoms with Gasteiger partial charge in [0.15, 0.2) is 0 Å². The van der Waals surface area contributed by atoms with Crippen molar-refractivity contribution in [2.24, 2.45) is 0 Å². The molecular formula is C8H11Cl3N2O6S. The first kappa shape index (κ1) is 17.6. The lowest BCUT2D eigenvalue weighted by Gasteiger charge is -2.36. The monoisotopic (exact) mass is 368 g/mol. The molecule has 1 aliphatic heterocycles. The summed E-state index contributed by atoms with van der Waals surface area (Å²) in [6.07, 6.45) is -0.105. The molecule has 0 bridgehead atoms. The predicted octanol–water partition coefficient (Wildman–Crippen LogP) is -0.0740. The van der Waals surface area contributed by atoms with E-state index in [1.54, 1.807) is 0 Å². The van der Waals surface area contributed by atoms with Crippen LogP contribution in [-0.2, 0) is 23.8 Å². The minimum absolute atomic E-state index is 0.306. The zero-order valence-corrected chi connectivity index (χ0v) is 13.1. The number of carbonyl (C=O) groups excluding carboxylic acids is 2. The summed E-state index contributed by atoms with van der Waals surface area (Å²) in [6.45, 7) is -0.803. The van der Waals surface area contributed by atoms with E-state index in [2.05, 4.69) is 19.6 Å². The fourth-order valence-electron chi connectivity index (χ4n) is 1.26. The minimum Gasteiger partial charge on any atom is -0.445 e. The summed E-state index contributed by atoms with van der Waals surface area (Å²) in [5.74, 6) is -0.502. The molecule has 0 radical (unpaired) electrons. The molecule has 1 aliphatic rings. The summed E-state index contributed by atoms with van der Waals surface area (Å²) >= 11 is 16.1. The Morgan fingerprint density at radius 2 is 2.05 bits per heavy atom. The first-order valence-electron chi connectivity index (χ1n) is 5.13. The van der Waals surface area contributed by atoms with Crippen molar-refractivity contribution in [3.63, 3.8) is 0 Å². The number of β-lactam (4-membered cyclic amide) rings is 1. The molecule has 1 heterocycles. The number of carbonyl (C=O) groups is 2. The summed E-state index contributed by atoms with van der Waals surface area (Å²) < 4.78 is 28.9. The number of amides is 2. The van der Waals surface area contributed by atoms with Crippen LogP contribution in [0.1, 0.15) is 0 Å². The molecule has 0 aromatic heterocycles. The Morgan fingerprint density at radius 3 is 2.50 bits per heavy atom. The summed E-state index contributed by atoms with van der Waals surface area (Å²) in [7, 11) is -3.64. The SMILES string of the molecule is CS(=O)(=O)OCC1NC(=O)C1NC(=O)OCC(Cl)(Cl)Cl. The Bertz CT molecular complexity index is 491. The highest BCUT2D eigenvalue weighted by atomic mass is 35.6. The zero-order chi connectivity index (χ0) is 15.6. The molecule has 20 heavy (non-hydrogen) atoms. The summed E-state index contributed by atoms with van der Waals surface area (Å²) in [6, 6.07) is -1.66. The standard InChI is InChI=1S/C8H11Cl3N2O6S/c1-20(16,17)19-2-4-5(6(14)12-4)13-7(15)18-3-8(9,10)11/h4-5H,2-3H2,1H3,(H,12,14)(H,13,15). The van der Waals surface area contributed by atoms with Gasteiger partial charge >= 0.3 is 6.09 Å². The molecule has 116 valence electrons. The van der Waals surface area contributed by atoms with E-state index in [4.69, 9.17) is 34.8 Å². The first-order valence-corrected chi connectivity index (χ1v) is 8.08. The Labute approximate surface area is 130 Å². The van der Waals surface area contributed by atoms with E-state index in [1.807, 2.05) is 0 Å². The van der Waals surface area contributed by atoms with E-state index in [0.29, 0.717) is 0 Å². The molecule has 2 atom stereocenters. The van der Waals surface area contributed by atoms with Gasteiger partial charge in [0.2, 0.25) is 9.70 Å². The second-order valence-corrected chi connectivity index (χ2v) is 8.08. The van der Waals surface area contributed by atoms with E-state index in [9.17, 15) is 18.0 Å². The fourth-order valence-corrected chi connectivity index (χ4v) is 1.82. The third-order valence-electron chi connectivity index (χ3n) is 2.11. The highest BCUT2D eigenvalue weighted by Crippen LogP contribution is 2.25. The van der Waals surface area contributed by atoms with Gasteiger partial charge in [-0.2, -0.15) is 8.42 Å². The van der Waals surface area contributed by atoms with Crippen LogP contribution in [0.5, 0.6) is 0 Å². The maximum absolute atomic E-state index is 11.3. The van der Waals surface area contributed by atoms with Gasteiger partial charge in [-0.15, -0.1) is 0 Å². The van der Waals surface area contributed by atoms with Gasteiger partial charge in [0.05, 0.1) is 18.9 Å². The number of ether oxygens (including phenoxy) is 1. The van der Waals surface area contributed by atoms with Crippen molar-refractivity contribution in [3.8, 4) is 0 Å². The predicted molar refractivity (Wildman–Crippen MR) is 71.3 cm³/mol. The molecule has 0 saturated carbocycles. The van der Waals surface area contributed by atoms with Crippen LogP contribution in [0.25, 0.3) is 0 Å². The molecular weight excluding hydrogens is 359 g/mol. The average molecular weight is 370 g/mol. The third-order valence-corrected chi connectivity index (χ3v) is 3.01. The van der Waals surface area contributed by atoms with E-state index in [0.717, 1.165) is 6.26 Å². The molecule has 12 heteroatoms. The number of rotatable bonds is 5. The van der Waals surface area contributed by atoms with Crippen molar-refractivity contribution < 1.29 is 26.9 Å². The molecule has 1 saturated heterocycles. The lowest BCUT2D eigenvalue weighted by molar-refractivity contribution is -0.132. The number of hydrogen-bond donors (Lipinski definition) is 2. The van der Waals surface area contributed by atoms with Crippen LogP contribution in [0.2, 0.25) is 0 Å². The maximum Gasteiger partial charge on any atom is 0.408 e. The van der Waals surface area contributed by atoms with Gasteiger partial charge in [-0.1, -0.05) is 34.8 Å². The highest BCUT2D eigenvalue weighted by molar-refractivity contribution is 7.85. The molecule has 1 rings (SSSR count). The second kappa shape index (κ2) is 6.52. The molecule has 2 amide bonds. The van der Waals surface area contributed by atoms with Crippen LogP contribution >= 0.6 is 34.8 Å². The third kappa shape index (κ3) is 6.31. The maximum atomic E-state index is 11.3. The smallest absolute Gasteiger partial charge is 0.408 e. The minimum atomic E-state index is -3.64. The number of hydrogen-bond acceptors (Lipinski definition) is 6. The number of halogens is 3. The number of alkyl carbamates (subject to hydrolysis) is 1. The summed E-state index contributed by atoms with van der Waals surface area (Å²) in [5.41, 5.74) is 0. The quantitative estimate of drug-likeness (QED) is 0.398. The van der Waals surface area contributed by atoms with E-state index in [-0.39, 0.29) is 6.61 Å². The van der Waals surface area contributed by atoms with Crippen molar-refractivity contribution >= 4 is 56.9 Å². The lowest BCUT2D eigenvalue weighted by atomic mass is 10.0. The Kier molecular flexibility index (Phi) is 5.73. The topological polar surface area (TPSA) is 111 Å². The molecule has 0 aromatic carbocycles. The molecule has 0 aromatic rings. The van der Waals surface area contributed by atoms with Gasteiger partial charge < -0.3 is 15.4 Å². The number of alkyl halides is 3. The Balaban J connectivity index is 2.41. The van der Waals surface area contributed by atoms with Crippen LogP contribution in [0, 0.1) is 0 Å². The van der Waals surface area contributed by atoms with Gasteiger partial charge in [-0.05, 0) is 0 Å². The van der Waals surface area contributed by atoms with Gasteiger partial charge in [-0.25, -0.2) is 4.79 Å². The zero-order valence-electron chi connectivity index (χ0n) is 10.1. The van der Waals surface area contributed by atoms with Crippen LogP contribution < -0.4 is 10.6 Å². The van der Waals surface area contributed by atoms with Crippen molar-refractivity contribution in [3.05, 3.63) is 0 Å². The van der Waals surface area contributed by atoms with Crippen molar-refractivity contribution in [1.29, 1.82) is 0 Å². The van der Waals surface area contributed by atoms with Gasteiger partial charge in [0, 0.05) is 0 Å². The van der Waals surface area contributed by atoms with Gasteiger partial charge in [0.1, 0.15) is 12.6 Å². The summed E-state index contributed by atoms with van der Waals surface area (Å²) in [4.78, 5) is 22.6. The molecule has 0 aliphatic carbocycles. The Hall–Kier alpha value is -0.480. The van der Waals surface area contributed by atoms with Crippen molar-refractivity contribution in [2.75, 3.05) is 19.5 Å². The van der Waals surface area contributed by atoms with E-state index < -0.39 is 44.6 Å². The van der Waals surface area contributed by atoms with Crippen LogP contribution in [0.15, 0.2) is 0 Å². The fraction of sp³-hybridized carbons (Fsp3) is 0.750. The van der Waals surface area contributed by atoms with Crippen molar-refractivity contribution in [2.45, 2.75) is 15.9 Å². The van der Waals surface area contributed by atoms with Gasteiger partial charge in [-0.3, -0.25) is 8.98 Å². The number of nitrogens with one attached hydrogen (secondary N) is 2.